The standard InChI is InChI=1S/C11H13BrClN/c1-11(4-5-11)14-7-8-6-9(13)2-3-10(8)12/h2-3,6,14H,4-5,7H2,1H3. The third-order valence-corrected chi connectivity index (χ3v) is 3.72. The smallest absolute Gasteiger partial charge is 0.0410 e. The molecule has 1 aliphatic rings. The van der Waals surface area contributed by atoms with Crippen molar-refractivity contribution in [2.75, 3.05) is 0 Å². The van der Waals surface area contributed by atoms with E-state index in [9.17, 15) is 0 Å². The zero-order chi connectivity index (χ0) is 10.2. The molecule has 0 spiro atoms. The molecule has 0 saturated heterocycles. The zero-order valence-electron chi connectivity index (χ0n) is 8.11. The van der Waals surface area contributed by atoms with Gasteiger partial charge in [0, 0.05) is 21.6 Å². The predicted octanol–water partition coefficient (Wildman–Crippen LogP) is 3.74. The largest absolute Gasteiger partial charge is 0.307 e. The fourth-order valence-corrected chi connectivity index (χ4v) is 1.93. The van der Waals surface area contributed by atoms with Crippen LogP contribution < -0.4 is 5.32 Å². The maximum absolute atomic E-state index is 5.93. The summed E-state index contributed by atoms with van der Waals surface area (Å²) in [5.74, 6) is 0. The molecule has 1 saturated carbocycles. The fourth-order valence-electron chi connectivity index (χ4n) is 1.35. The molecule has 1 fully saturated rings. The second kappa shape index (κ2) is 3.84. The summed E-state index contributed by atoms with van der Waals surface area (Å²) in [6.07, 6.45) is 2.57. The minimum atomic E-state index is 0.377. The third kappa shape index (κ3) is 2.50. The summed E-state index contributed by atoms with van der Waals surface area (Å²) in [5, 5.41) is 4.33. The van der Waals surface area contributed by atoms with Crippen molar-refractivity contribution in [1.29, 1.82) is 0 Å². The maximum atomic E-state index is 5.93. The Kier molecular flexibility index (Phi) is 2.87. The Balaban J connectivity index is 2.04. The van der Waals surface area contributed by atoms with Crippen LogP contribution in [0.25, 0.3) is 0 Å². The van der Waals surface area contributed by atoms with Gasteiger partial charge in [0.1, 0.15) is 0 Å². The Morgan fingerprint density at radius 1 is 1.50 bits per heavy atom. The Labute approximate surface area is 98.0 Å². The molecule has 0 bridgehead atoms. The molecule has 0 atom stereocenters. The van der Waals surface area contributed by atoms with Crippen LogP contribution >= 0.6 is 27.5 Å². The highest BCUT2D eigenvalue weighted by atomic mass is 79.9. The van der Waals surface area contributed by atoms with Crippen molar-refractivity contribution in [3.05, 3.63) is 33.3 Å². The first-order valence-corrected chi connectivity index (χ1v) is 5.95. The van der Waals surface area contributed by atoms with Crippen LogP contribution in [-0.2, 0) is 6.54 Å². The lowest BCUT2D eigenvalue weighted by Crippen LogP contribution is -2.27. The normalized spacial score (nSPS) is 18.2. The molecule has 0 aliphatic heterocycles. The van der Waals surface area contributed by atoms with E-state index >= 15 is 0 Å². The van der Waals surface area contributed by atoms with Crippen molar-refractivity contribution in [2.24, 2.45) is 0 Å². The summed E-state index contributed by atoms with van der Waals surface area (Å²) in [7, 11) is 0. The van der Waals surface area contributed by atoms with E-state index in [4.69, 9.17) is 11.6 Å². The molecule has 1 aromatic rings. The summed E-state index contributed by atoms with van der Waals surface area (Å²) in [5.41, 5.74) is 1.60. The second-order valence-corrected chi connectivity index (χ2v) is 5.44. The maximum Gasteiger partial charge on any atom is 0.0410 e. The van der Waals surface area contributed by atoms with Crippen LogP contribution in [0, 0.1) is 0 Å². The molecule has 1 nitrogen and oxygen atoms in total. The molecule has 0 unspecified atom stereocenters. The molecule has 0 heterocycles. The zero-order valence-corrected chi connectivity index (χ0v) is 10.5. The molecule has 1 aliphatic carbocycles. The molecule has 1 N–H and O–H groups in total. The highest BCUT2D eigenvalue weighted by Crippen LogP contribution is 2.35. The number of halogens is 2. The lowest BCUT2D eigenvalue weighted by atomic mass is 10.2. The van der Waals surface area contributed by atoms with Crippen LogP contribution in [0.4, 0.5) is 0 Å². The predicted molar refractivity (Wildman–Crippen MR) is 63.6 cm³/mol. The van der Waals surface area contributed by atoms with Gasteiger partial charge in [-0.05, 0) is 43.5 Å². The van der Waals surface area contributed by atoms with Crippen molar-refractivity contribution in [2.45, 2.75) is 31.8 Å². The Morgan fingerprint density at radius 2 is 2.21 bits per heavy atom. The summed E-state index contributed by atoms with van der Waals surface area (Å²) >= 11 is 9.45. The first kappa shape index (κ1) is 10.5. The number of hydrogen-bond donors (Lipinski definition) is 1. The van der Waals surface area contributed by atoms with E-state index in [0.717, 1.165) is 16.0 Å². The van der Waals surface area contributed by atoms with Crippen LogP contribution in [-0.4, -0.2) is 5.54 Å². The molecule has 0 radical (unpaired) electrons. The van der Waals surface area contributed by atoms with Crippen LogP contribution in [0.2, 0.25) is 5.02 Å². The molecule has 14 heavy (non-hydrogen) atoms. The quantitative estimate of drug-likeness (QED) is 0.885. The SMILES string of the molecule is CC1(NCc2cc(Cl)ccc2Br)CC1. The monoisotopic (exact) mass is 273 g/mol. The van der Waals surface area contributed by atoms with E-state index in [1.807, 2.05) is 18.2 Å². The molecule has 3 heteroatoms. The highest BCUT2D eigenvalue weighted by Gasteiger charge is 2.36. The van der Waals surface area contributed by atoms with Crippen molar-refractivity contribution >= 4 is 27.5 Å². The number of benzene rings is 1. The molecule has 76 valence electrons. The van der Waals surface area contributed by atoms with E-state index in [1.54, 1.807) is 0 Å². The molecule has 2 rings (SSSR count). The van der Waals surface area contributed by atoms with Gasteiger partial charge in [-0.15, -0.1) is 0 Å². The molecule has 1 aromatic carbocycles. The minimum absolute atomic E-state index is 0.377. The number of rotatable bonds is 3. The van der Waals surface area contributed by atoms with Crippen LogP contribution in [0.3, 0.4) is 0 Å². The highest BCUT2D eigenvalue weighted by molar-refractivity contribution is 9.10. The fraction of sp³-hybridized carbons (Fsp3) is 0.455. The van der Waals surface area contributed by atoms with Crippen LogP contribution in [0.5, 0.6) is 0 Å². The Hall–Kier alpha value is -0.0500. The Morgan fingerprint density at radius 3 is 2.86 bits per heavy atom. The average Bonchev–Trinajstić information content (AvgIpc) is 2.87. The molecule has 0 aromatic heterocycles. The molecular formula is C11H13BrClN. The first-order valence-electron chi connectivity index (χ1n) is 4.78. The number of hydrogen-bond acceptors (Lipinski definition) is 1. The molecule has 0 amide bonds. The summed E-state index contributed by atoms with van der Waals surface area (Å²) in [6, 6.07) is 5.90. The van der Waals surface area contributed by atoms with Gasteiger partial charge in [-0.25, -0.2) is 0 Å². The van der Waals surface area contributed by atoms with E-state index in [0.29, 0.717) is 5.54 Å². The van der Waals surface area contributed by atoms with Crippen LogP contribution in [0.15, 0.2) is 22.7 Å². The lowest BCUT2D eigenvalue weighted by Gasteiger charge is -2.12. The van der Waals surface area contributed by atoms with Gasteiger partial charge in [0.05, 0.1) is 0 Å². The van der Waals surface area contributed by atoms with Crippen molar-refractivity contribution in [3.8, 4) is 0 Å². The Bertz CT molecular complexity index is 347. The second-order valence-electron chi connectivity index (χ2n) is 4.15. The lowest BCUT2D eigenvalue weighted by molar-refractivity contribution is 0.537. The first-order chi connectivity index (χ1) is 6.59. The topological polar surface area (TPSA) is 12.0 Å². The molecular weight excluding hydrogens is 261 g/mol. The van der Waals surface area contributed by atoms with E-state index in [-0.39, 0.29) is 0 Å². The van der Waals surface area contributed by atoms with Gasteiger partial charge < -0.3 is 5.32 Å². The van der Waals surface area contributed by atoms with E-state index < -0.39 is 0 Å². The van der Waals surface area contributed by atoms with Gasteiger partial charge in [-0.1, -0.05) is 27.5 Å². The average molecular weight is 275 g/mol. The summed E-state index contributed by atoms with van der Waals surface area (Å²) in [6.45, 7) is 3.14. The summed E-state index contributed by atoms with van der Waals surface area (Å²) in [4.78, 5) is 0. The van der Waals surface area contributed by atoms with Gasteiger partial charge in [-0.2, -0.15) is 0 Å². The van der Waals surface area contributed by atoms with Gasteiger partial charge in [0.2, 0.25) is 0 Å². The third-order valence-electron chi connectivity index (χ3n) is 2.71. The van der Waals surface area contributed by atoms with Gasteiger partial charge >= 0.3 is 0 Å². The summed E-state index contributed by atoms with van der Waals surface area (Å²) < 4.78 is 1.12. The van der Waals surface area contributed by atoms with Crippen molar-refractivity contribution < 1.29 is 0 Å². The minimum Gasteiger partial charge on any atom is -0.307 e. The van der Waals surface area contributed by atoms with Gasteiger partial charge in [0.25, 0.3) is 0 Å². The van der Waals surface area contributed by atoms with E-state index in [2.05, 4.69) is 28.2 Å². The van der Waals surface area contributed by atoms with Gasteiger partial charge in [0.15, 0.2) is 0 Å². The van der Waals surface area contributed by atoms with Crippen LogP contribution in [0.1, 0.15) is 25.3 Å². The van der Waals surface area contributed by atoms with E-state index in [1.165, 1.54) is 18.4 Å². The van der Waals surface area contributed by atoms with Crippen molar-refractivity contribution in [3.63, 3.8) is 0 Å². The van der Waals surface area contributed by atoms with Gasteiger partial charge in [-0.3, -0.25) is 0 Å². The number of nitrogens with one attached hydrogen (secondary N) is 1. The van der Waals surface area contributed by atoms with Crippen molar-refractivity contribution in [1.82, 2.24) is 5.32 Å².